The Balaban J connectivity index is 1.30. The molecule has 0 amide bonds. The Hall–Kier alpha value is -1.18. The van der Waals surface area contributed by atoms with Gasteiger partial charge in [-0.1, -0.05) is 25.0 Å². The number of benzene rings is 1. The summed E-state index contributed by atoms with van der Waals surface area (Å²) in [4.78, 5) is 4.84. The van der Waals surface area contributed by atoms with Crippen LogP contribution >= 0.6 is 0 Å². The largest absolute Gasteiger partial charge is 0.491 e. The number of aliphatic hydroxyl groups is 1. The maximum Gasteiger partial charge on any atom is 0.119 e. The normalized spacial score (nSPS) is 20.3. The first-order valence-electron chi connectivity index (χ1n) is 11.4. The predicted octanol–water partition coefficient (Wildman–Crippen LogP) is 2.11. The van der Waals surface area contributed by atoms with Gasteiger partial charge in [-0.25, -0.2) is 0 Å². The van der Waals surface area contributed by atoms with Gasteiger partial charge in [-0.15, -0.1) is 0 Å². The summed E-state index contributed by atoms with van der Waals surface area (Å²) in [5.74, 6) is 0.840. The molecule has 0 aliphatic carbocycles. The van der Waals surface area contributed by atoms with Gasteiger partial charge in [0.25, 0.3) is 0 Å². The van der Waals surface area contributed by atoms with Crippen LogP contribution in [0.25, 0.3) is 0 Å². The number of β-amino-alcohol motifs (C(OH)–C–C–N with tert-alkyl or cyclic N) is 1. The van der Waals surface area contributed by atoms with Crippen molar-refractivity contribution >= 4 is 0 Å². The van der Waals surface area contributed by atoms with Gasteiger partial charge >= 0.3 is 0 Å². The first-order chi connectivity index (χ1) is 14.3. The summed E-state index contributed by atoms with van der Waals surface area (Å²) < 4.78 is 11.3. The third kappa shape index (κ3) is 9.01. The van der Waals surface area contributed by atoms with Crippen LogP contribution in [0.2, 0.25) is 0 Å². The van der Waals surface area contributed by atoms with Crippen molar-refractivity contribution in [3.8, 4) is 5.75 Å². The molecule has 0 bridgehead atoms. The van der Waals surface area contributed by atoms with E-state index in [9.17, 15) is 5.11 Å². The Morgan fingerprint density at radius 1 is 1.03 bits per heavy atom. The van der Waals surface area contributed by atoms with E-state index in [2.05, 4.69) is 27.2 Å². The van der Waals surface area contributed by atoms with Crippen LogP contribution in [0.3, 0.4) is 0 Å². The molecule has 6 nitrogen and oxygen atoms in total. The highest BCUT2D eigenvalue weighted by atomic mass is 16.5. The fourth-order valence-corrected chi connectivity index (χ4v) is 4.09. The molecule has 0 saturated carbocycles. The van der Waals surface area contributed by atoms with Gasteiger partial charge in [-0.3, -0.25) is 4.90 Å². The topological polar surface area (TPSA) is 57.2 Å². The van der Waals surface area contributed by atoms with E-state index in [1.165, 1.54) is 31.2 Å². The number of nitrogens with zero attached hydrogens (tertiary/aromatic N) is 2. The Morgan fingerprint density at radius 3 is 2.62 bits per heavy atom. The van der Waals surface area contributed by atoms with Gasteiger partial charge in [0.05, 0.1) is 13.2 Å². The second-order valence-corrected chi connectivity index (χ2v) is 8.31. The average molecular weight is 406 g/mol. The van der Waals surface area contributed by atoms with Crippen LogP contribution in [0.5, 0.6) is 5.75 Å². The average Bonchev–Trinajstić information content (AvgIpc) is 3.02. The Kier molecular flexibility index (Phi) is 10.2. The standard InChI is InChI=1S/C23H39N3O3/c27-22(19-26-10-3-1-2-4-11-26)20-29-23-8-5-7-21(17-23)18-24-9-6-12-25-13-15-28-16-14-25/h5,7-8,17,22,24,27H,1-4,6,9-16,18-20H2. The van der Waals surface area contributed by atoms with Gasteiger partial charge in [-0.2, -0.15) is 0 Å². The van der Waals surface area contributed by atoms with Crippen LogP contribution in [-0.4, -0.2) is 86.6 Å². The van der Waals surface area contributed by atoms with Gasteiger partial charge in [0.15, 0.2) is 0 Å². The molecule has 1 unspecified atom stereocenters. The van der Waals surface area contributed by atoms with Gasteiger partial charge in [0, 0.05) is 26.2 Å². The number of hydrogen-bond acceptors (Lipinski definition) is 6. The zero-order valence-corrected chi connectivity index (χ0v) is 17.9. The van der Waals surface area contributed by atoms with Crippen molar-refractivity contribution in [1.82, 2.24) is 15.1 Å². The minimum Gasteiger partial charge on any atom is -0.491 e. The van der Waals surface area contributed by atoms with Crippen LogP contribution in [0.4, 0.5) is 0 Å². The third-order valence-corrected chi connectivity index (χ3v) is 5.77. The Labute approximate surface area is 176 Å². The minimum absolute atomic E-state index is 0.354. The highest BCUT2D eigenvalue weighted by molar-refractivity contribution is 5.28. The molecule has 2 fully saturated rings. The molecule has 1 aromatic rings. The summed E-state index contributed by atoms with van der Waals surface area (Å²) >= 11 is 0. The monoisotopic (exact) mass is 405 g/mol. The predicted molar refractivity (Wildman–Crippen MR) is 116 cm³/mol. The molecule has 0 spiro atoms. The number of likely N-dealkylation sites (tertiary alicyclic amines) is 1. The van der Waals surface area contributed by atoms with Crippen molar-refractivity contribution in [2.75, 3.05) is 65.6 Å². The number of hydrogen-bond donors (Lipinski definition) is 2. The molecule has 2 aliphatic rings. The lowest BCUT2D eigenvalue weighted by Crippen LogP contribution is -2.37. The quantitative estimate of drug-likeness (QED) is 0.550. The van der Waals surface area contributed by atoms with E-state index in [1.54, 1.807) is 0 Å². The molecule has 0 aromatic heterocycles. The summed E-state index contributed by atoms with van der Waals surface area (Å²) in [6.45, 7) is 10.1. The Bertz CT molecular complexity index is 558. The van der Waals surface area contributed by atoms with Crippen LogP contribution in [0.15, 0.2) is 24.3 Å². The molecule has 2 saturated heterocycles. The molecule has 29 heavy (non-hydrogen) atoms. The van der Waals surface area contributed by atoms with Crippen molar-refractivity contribution < 1.29 is 14.6 Å². The van der Waals surface area contributed by atoms with E-state index in [4.69, 9.17) is 9.47 Å². The molecule has 0 radical (unpaired) electrons. The lowest BCUT2D eigenvalue weighted by Gasteiger charge is -2.26. The summed E-state index contributed by atoms with van der Waals surface area (Å²) in [5, 5.41) is 13.9. The molecule has 1 atom stereocenters. The molecular weight excluding hydrogens is 366 g/mol. The first-order valence-corrected chi connectivity index (χ1v) is 11.4. The van der Waals surface area contributed by atoms with E-state index < -0.39 is 6.10 Å². The molecule has 6 heteroatoms. The van der Waals surface area contributed by atoms with Crippen molar-refractivity contribution in [3.63, 3.8) is 0 Å². The van der Waals surface area contributed by atoms with Crippen molar-refractivity contribution in [1.29, 1.82) is 0 Å². The number of morpholine rings is 1. The van der Waals surface area contributed by atoms with E-state index in [1.807, 2.05) is 12.1 Å². The summed E-state index contributed by atoms with van der Waals surface area (Å²) in [6.07, 6.45) is 5.84. The lowest BCUT2D eigenvalue weighted by molar-refractivity contribution is 0.0374. The van der Waals surface area contributed by atoms with Gasteiger partial charge in [-0.05, 0) is 63.1 Å². The highest BCUT2D eigenvalue weighted by Crippen LogP contribution is 2.14. The van der Waals surface area contributed by atoms with Crippen molar-refractivity contribution in [2.24, 2.45) is 0 Å². The molecular formula is C23H39N3O3. The fraction of sp³-hybridized carbons (Fsp3) is 0.739. The van der Waals surface area contributed by atoms with Gasteiger partial charge in [0.1, 0.15) is 18.5 Å². The molecule has 2 heterocycles. The maximum absolute atomic E-state index is 10.3. The lowest BCUT2D eigenvalue weighted by atomic mass is 10.2. The van der Waals surface area contributed by atoms with Crippen molar-refractivity contribution in [2.45, 2.75) is 44.8 Å². The van der Waals surface area contributed by atoms with E-state index in [0.29, 0.717) is 13.2 Å². The molecule has 2 aliphatic heterocycles. The Morgan fingerprint density at radius 2 is 1.83 bits per heavy atom. The summed E-state index contributed by atoms with van der Waals surface area (Å²) in [7, 11) is 0. The van der Waals surface area contributed by atoms with E-state index >= 15 is 0 Å². The second-order valence-electron chi connectivity index (χ2n) is 8.31. The van der Waals surface area contributed by atoms with Crippen LogP contribution in [0, 0.1) is 0 Å². The zero-order chi connectivity index (χ0) is 20.2. The molecule has 164 valence electrons. The van der Waals surface area contributed by atoms with Crippen LogP contribution in [0.1, 0.15) is 37.7 Å². The third-order valence-electron chi connectivity index (χ3n) is 5.77. The minimum atomic E-state index is -0.435. The molecule has 3 rings (SSSR count). The van der Waals surface area contributed by atoms with E-state index in [-0.39, 0.29) is 0 Å². The number of nitrogens with one attached hydrogen (secondary N) is 1. The van der Waals surface area contributed by atoms with Crippen LogP contribution in [-0.2, 0) is 11.3 Å². The SMILES string of the molecule is OC(COc1cccc(CNCCCN2CCOCC2)c1)CN1CCCCCC1. The number of ether oxygens (including phenoxy) is 2. The second kappa shape index (κ2) is 13.2. The number of rotatable bonds is 11. The molecule has 1 aromatic carbocycles. The zero-order valence-electron chi connectivity index (χ0n) is 17.9. The maximum atomic E-state index is 10.3. The summed E-state index contributed by atoms with van der Waals surface area (Å²) in [6, 6.07) is 8.20. The van der Waals surface area contributed by atoms with Crippen molar-refractivity contribution in [3.05, 3.63) is 29.8 Å². The fourth-order valence-electron chi connectivity index (χ4n) is 4.09. The molecule has 2 N–H and O–H groups in total. The van der Waals surface area contributed by atoms with E-state index in [0.717, 1.165) is 71.2 Å². The summed E-state index contributed by atoms with van der Waals surface area (Å²) in [5.41, 5.74) is 1.22. The highest BCUT2D eigenvalue weighted by Gasteiger charge is 2.14. The first kappa shape index (κ1) is 22.5. The smallest absolute Gasteiger partial charge is 0.119 e. The van der Waals surface area contributed by atoms with Gasteiger partial charge in [0.2, 0.25) is 0 Å². The number of aliphatic hydroxyl groups excluding tert-OH is 1. The van der Waals surface area contributed by atoms with Crippen LogP contribution < -0.4 is 10.1 Å². The van der Waals surface area contributed by atoms with Gasteiger partial charge < -0.3 is 24.8 Å².